The maximum atomic E-state index is 11.8. The third-order valence-electron chi connectivity index (χ3n) is 3.02. The molecule has 4 heteroatoms. The molecule has 19 heavy (non-hydrogen) atoms. The number of amides is 1. The average molecular weight is 283 g/mol. The first-order valence-electron chi connectivity index (χ1n) is 6.98. The minimum atomic E-state index is -0.0280. The Labute approximate surface area is 120 Å². The summed E-state index contributed by atoms with van der Waals surface area (Å²) < 4.78 is 0. The minimum absolute atomic E-state index is 0.0280. The highest BCUT2D eigenvalue weighted by molar-refractivity contribution is 6.30. The van der Waals surface area contributed by atoms with Gasteiger partial charge in [-0.1, -0.05) is 37.3 Å². The molecule has 0 atom stereocenters. The molecule has 0 unspecified atom stereocenters. The summed E-state index contributed by atoms with van der Waals surface area (Å²) in [5.74, 6) is -0.0280. The van der Waals surface area contributed by atoms with Crippen LogP contribution < -0.4 is 11.1 Å². The number of unbranched alkanes of at least 4 members (excludes halogenated alkanes) is 5. The van der Waals surface area contributed by atoms with Gasteiger partial charge in [0.25, 0.3) is 5.91 Å². The Bertz CT molecular complexity index is 365. The number of nitrogens with one attached hydrogen (secondary N) is 1. The van der Waals surface area contributed by atoms with Gasteiger partial charge >= 0.3 is 0 Å². The summed E-state index contributed by atoms with van der Waals surface area (Å²) in [6.07, 6.45) is 6.98. The van der Waals surface area contributed by atoms with Crippen molar-refractivity contribution in [3.05, 3.63) is 34.9 Å². The van der Waals surface area contributed by atoms with Crippen LogP contribution in [0.5, 0.6) is 0 Å². The molecule has 1 aromatic rings. The van der Waals surface area contributed by atoms with Crippen molar-refractivity contribution in [1.29, 1.82) is 0 Å². The Hall–Kier alpha value is -1.06. The first-order valence-corrected chi connectivity index (χ1v) is 7.35. The van der Waals surface area contributed by atoms with E-state index in [1.165, 1.54) is 19.3 Å². The van der Waals surface area contributed by atoms with Crippen molar-refractivity contribution in [2.45, 2.75) is 38.5 Å². The van der Waals surface area contributed by atoms with Crippen LogP contribution in [0.4, 0.5) is 0 Å². The summed E-state index contributed by atoms with van der Waals surface area (Å²) >= 11 is 5.77. The van der Waals surface area contributed by atoms with Crippen LogP contribution in [0.3, 0.4) is 0 Å². The van der Waals surface area contributed by atoms with E-state index < -0.39 is 0 Å². The summed E-state index contributed by atoms with van der Waals surface area (Å²) in [6, 6.07) is 6.94. The van der Waals surface area contributed by atoms with Gasteiger partial charge in [0, 0.05) is 17.1 Å². The lowest BCUT2D eigenvalue weighted by Crippen LogP contribution is -2.24. The third-order valence-corrected chi connectivity index (χ3v) is 3.27. The van der Waals surface area contributed by atoms with Gasteiger partial charge in [-0.2, -0.15) is 0 Å². The zero-order chi connectivity index (χ0) is 13.9. The second kappa shape index (κ2) is 9.82. The standard InChI is InChI=1S/C15H23ClN2O/c16-14-9-7-13(8-10-14)15(19)18-12-6-4-2-1-3-5-11-17/h7-10H,1-6,11-12,17H2,(H,18,19). The molecule has 0 saturated carbocycles. The zero-order valence-corrected chi connectivity index (χ0v) is 12.1. The van der Waals surface area contributed by atoms with E-state index >= 15 is 0 Å². The lowest BCUT2D eigenvalue weighted by Gasteiger charge is -2.05. The minimum Gasteiger partial charge on any atom is -0.352 e. The van der Waals surface area contributed by atoms with Crippen molar-refractivity contribution >= 4 is 17.5 Å². The van der Waals surface area contributed by atoms with E-state index in [1.54, 1.807) is 24.3 Å². The van der Waals surface area contributed by atoms with Crippen molar-refractivity contribution < 1.29 is 4.79 Å². The predicted octanol–water partition coefficient (Wildman–Crippen LogP) is 3.37. The first kappa shape index (κ1) is 16.0. The van der Waals surface area contributed by atoms with Crippen LogP contribution in [0.2, 0.25) is 5.02 Å². The molecule has 0 aliphatic carbocycles. The van der Waals surface area contributed by atoms with Gasteiger partial charge in [0.2, 0.25) is 0 Å². The number of hydrogen-bond acceptors (Lipinski definition) is 2. The molecule has 0 saturated heterocycles. The van der Waals surface area contributed by atoms with Crippen LogP contribution in [-0.4, -0.2) is 19.0 Å². The highest BCUT2D eigenvalue weighted by atomic mass is 35.5. The molecule has 0 radical (unpaired) electrons. The maximum Gasteiger partial charge on any atom is 0.251 e. The summed E-state index contributed by atoms with van der Waals surface area (Å²) in [6.45, 7) is 1.52. The maximum absolute atomic E-state index is 11.8. The Morgan fingerprint density at radius 3 is 2.21 bits per heavy atom. The number of halogens is 1. The van der Waals surface area contributed by atoms with E-state index in [2.05, 4.69) is 5.32 Å². The zero-order valence-electron chi connectivity index (χ0n) is 11.3. The van der Waals surface area contributed by atoms with E-state index in [4.69, 9.17) is 17.3 Å². The molecule has 106 valence electrons. The highest BCUT2D eigenvalue weighted by Crippen LogP contribution is 2.09. The summed E-state index contributed by atoms with van der Waals surface area (Å²) in [7, 11) is 0. The molecule has 1 rings (SSSR count). The quantitative estimate of drug-likeness (QED) is 0.682. The van der Waals surface area contributed by atoms with E-state index in [0.717, 1.165) is 32.4 Å². The van der Waals surface area contributed by atoms with Crippen molar-refractivity contribution in [2.75, 3.05) is 13.1 Å². The van der Waals surface area contributed by atoms with Gasteiger partial charge < -0.3 is 11.1 Å². The molecule has 3 nitrogen and oxygen atoms in total. The molecule has 1 amide bonds. The van der Waals surface area contributed by atoms with Crippen LogP contribution in [0.25, 0.3) is 0 Å². The van der Waals surface area contributed by atoms with Gasteiger partial charge in [-0.05, 0) is 43.7 Å². The number of rotatable bonds is 9. The lowest BCUT2D eigenvalue weighted by atomic mass is 10.1. The van der Waals surface area contributed by atoms with Gasteiger partial charge in [0.05, 0.1) is 0 Å². The van der Waals surface area contributed by atoms with Crippen LogP contribution in [0.15, 0.2) is 24.3 Å². The highest BCUT2D eigenvalue weighted by Gasteiger charge is 2.03. The Morgan fingerprint density at radius 1 is 1.00 bits per heavy atom. The molecular formula is C15H23ClN2O. The molecule has 0 bridgehead atoms. The van der Waals surface area contributed by atoms with E-state index in [1.807, 2.05) is 0 Å². The van der Waals surface area contributed by atoms with Gasteiger partial charge in [0.15, 0.2) is 0 Å². The molecule has 0 aliphatic heterocycles. The van der Waals surface area contributed by atoms with Crippen LogP contribution in [0, 0.1) is 0 Å². The fourth-order valence-electron chi connectivity index (χ4n) is 1.88. The summed E-state index contributed by atoms with van der Waals surface area (Å²) in [5.41, 5.74) is 6.09. The van der Waals surface area contributed by atoms with E-state index in [-0.39, 0.29) is 5.91 Å². The number of hydrogen-bond donors (Lipinski definition) is 2. The van der Waals surface area contributed by atoms with Gasteiger partial charge in [0.1, 0.15) is 0 Å². The number of benzene rings is 1. The molecular weight excluding hydrogens is 260 g/mol. The third kappa shape index (κ3) is 7.19. The summed E-state index contributed by atoms with van der Waals surface area (Å²) in [4.78, 5) is 11.8. The molecule has 0 fully saturated rings. The predicted molar refractivity (Wildman–Crippen MR) is 80.5 cm³/mol. The summed E-state index contributed by atoms with van der Waals surface area (Å²) in [5, 5.41) is 3.57. The van der Waals surface area contributed by atoms with Crippen molar-refractivity contribution in [3.63, 3.8) is 0 Å². The molecule has 3 N–H and O–H groups in total. The average Bonchev–Trinajstić information content (AvgIpc) is 2.42. The van der Waals surface area contributed by atoms with E-state index in [9.17, 15) is 4.79 Å². The first-order chi connectivity index (χ1) is 9.24. The number of nitrogens with two attached hydrogens (primary N) is 1. The molecule has 0 heterocycles. The van der Waals surface area contributed by atoms with Crippen molar-refractivity contribution in [1.82, 2.24) is 5.32 Å². The van der Waals surface area contributed by atoms with Crippen molar-refractivity contribution in [2.24, 2.45) is 5.73 Å². The van der Waals surface area contributed by atoms with Crippen molar-refractivity contribution in [3.8, 4) is 0 Å². The molecule has 0 aliphatic rings. The Morgan fingerprint density at radius 2 is 1.58 bits per heavy atom. The number of carbonyl (C=O) groups excluding carboxylic acids is 1. The molecule has 0 aromatic heterocycles. The number of carbonyl (C=O) groups is 1. The normalized spacial score (nSPS) is 10.4. The molecule has 1 aromatic carbocycles. The van der Waals surface area contributed by atoms with Crippen LogP contribution in [0.1, 0.15) is 48.9 Å². The van der Waals surface area contributed by atoms with Crippen LogP contribution >= 0.6 is 11.6 Å². The Balaban J connectivity index is 2.06. The van der Waals surface area contributed by atoms with Gasteiger partial charge in [-0.15, -0.1) is 0 Å². The smallest absolute Gasteiger partial charge is 0.251 e. The van der Waals surface area contributed by atoms with E-state index in [0.29, 0.717) is 10.6 Å². The second-order valence-corrected chi connectivity index (χ2v) is 5.11. The lowest BCUT2D eigenvalue weighted by molar-refractivity contribution is 0.0953. The van der Waals surface area contributed by atoms with Crippen LogP contribution in [-0.2, 0) is 0 Å². The van der Waals surface area contributed by atoms with Gasteiger partial charge in [-0.25, -0.2) is 0 Å². The Kier molecular flexibility index (Phi) is 8.26. The fourth-order valence-corrected chi connectivity index (χ4v) is 2.01. The monoisotopic (exact) mass is 282 g/mol. The second-order valence-electron chi connectivity index (χ2n) is 4.67. The van der Waals surface area contributed by atoms with Gasteiger partial charge in [-0.3, -0.25) is 4.79 Å². The SMILES string of the molecule is NCCCCCCCCNC(=O)c1ccc(Cl)cc1. The topological polar surface area (TPSA) is 55.1 Å². The largest absolute Gasteiger partial charge is 0.352 e. The fraction of sp³-hybridized carbons (Fsp3) is 0.533. The molecule has 0 spiro atoms.